The summed E-state index contributed by atoms with van der Waals surface area (Å²) in [5.74, 6) is -1.07. The molecule has 3 rings (SSSR count). The number of carbonyl (C=O) groups is 1. The lowest BCUT2D eigenvalue weighted by molar-refractivity contribution is -0.152. The molecule has 1 aromatic carbocycles. The molecular weight excluding hydrogens is 307 g/mol. The van der Waals surface area contributed by atoms with Gasteiger partial charge in [0.05, 0.1) is 5.41 Å². The van der Waals surface area contributed by atoms with Crippen LogP contribution >= 0.6 is 0 Å². The van der Waals surface area contributed by atoms with E-state index in [1.807, 2.05) is 12.1 Å². The summed E-state index contributed by atoms with van der Waals surface area (Å²) in [7, 11) is 0. The minimum absolute atomic E-state index is 0.300. The fraction of sp³-hybridized carbons (Fsp3) is 0.368. The summed E-state index contributed by atoms with van der Waals surface area (Å²) in [4.78, 5) is 18.2. The molecule has 126 valence electrons. The Labute approximate surface area is 141 Å². The molecule has 5 heteroatoms. The maximum atomic E-state index is 13.1. The van der Waals surface area contributed by atoms with Crippen LogP contribution in [-0.2, 0) is 17.8 Å². The molecule has 0 bridgehead atoms. The lowest BCUT2D eigenvalue weighted by atomic mass is 9.75. The normalized spacial score (nSPS) is 21.5. The Morgan fingerprint density at radius 1 is 1.17 bits per heavy atom. The largest absolute Gasteiger partial charge is 0.481 e. The summed E-state index contributed by atoms with van der Waals surface area (Å²) in [5, 5.41) is 9.88. The predicted octanol–water partition coefficient (Wildman–Crippen LogP) is 3.13. The molecule has 1 fully saturated rings. The summed E-state index contributed by atoms with van der Waals surface area (Å²) in [6.07, 6.45) is 5.42. The van der Waals surface area contributed by atoms with E-state index in [2.05, 4.69) is 9.88 Å². The third-order valence-corrected chi connectivity index (χ3v) is 4.72. The van der Waals surface area contributed by atoms with Crippen molar-refractivity contribution < 1.29 is 14.3 Å². The zero-order valence-corrected chi connectivity index (χ0v) is 13.5. The highest BCUT2D eigenvalue weighted by Crippen LogP contribution is 2.34. The fourth-order valence-electron chi connectivity index (χ4n) is 3.50. The molecule has 2 aromatic rings. The molecule has 0 amide bonds. The Bertz CT molecular complexity index is 690. The summed E-state index contributed by atoms with van der Waals surface area (Å²) in [5.41, 5.74) is 1.18. The highest BCUT2D eigenvalue weighted by molar-refractivity contribution is 5.75. The first kappa shape index (κ1) is 16.6. The summed E-state index contributed by atoms with van der Waals surface area (Å²) in [6, 6.07) is 10.1. The van der Waals surface area contributed by atoms with Gasteiger partial charge in [-0.2, -0.15) is 0 Å². The number of piperidine rings is 1. The van der Waals surface area contributed by atoms with Gasteiger partial charge in [0, 0.05) is 25.5 Å². The Hall–Kier alpha value is -2.27. The number of rotatable bonds is 5. The van der Waals surface area contributed by atoms with E-state index in [0.717, 1.165) is 30.6 Å². The van der Waals surface area contributed by atoms with Crippen molar-refractivity contribution in [3.05, 3.63) is 65.7 Å². The number of aliphatic carboxylic acids is 1. The van der Waals surface area contributed by atoms with Gasteiger partial charge in [0.15, 0.2) is 0 Å². The molecule has 1 atom stereocenters. The van der Waals surface area contributed by atoms with Crippen molar-refractivity contribution in [3.63, 3.8) is 0 Å². The number of likely N-dealkylation sites (tertiary alicyclic amines) is 1. The van der Waals surface area contributed by atoms with E-state index < -0.39 is 11.4 Å². The number of hydrogen-bond acceptors (Lipinski definition) is 3. The van der Waals surface area contributed by atoms with Gasteiger partial charge in [0.2, 0.25) is 0 Å². The average Bonchev–Trinajstić information content (AvgIpc) is 2.58. The number of pyridine rings is 1. The van der Waals surface area contributed by atoms with Gasteiger partial charge in [-0.1, -0.05) is 12.1 Å². The molecule has 1 aliphatic heterocycles. The monoisotopic (exact) mass is 328 g/mol. The van der Waals surface area contributed by atoms with Gasteiger partial charge < -0.3 is 5.11 Å². The third-order valence-electron chi connectivity index (χ3n) is 4.72. The number of nitrogens with zero attached hydrogens (tertiary/aromatic N) is 2. The molecule has 0 unspecified atom stereocenters. The van der Waals surface area contributed by atoms with Crippen LogP contribution in [0.3, 0.4) is 0 Å². The Morgan fingerprint density at radius 2 is 1.88 bits per heavy atom. The number of hydrogen-bond donors (Lipinski definition) is 1. The quantitative estimate of drug-likeness (QED) is 0.916. The van der Waals surface area contributed by atoms with Gasteiger partial charge in [-0.15, -0.1) is 0 Å². The summed E-state index contributed by atoms with van der Waals surface area (Å²) in [6.45, 7) is 2.11. The van der Waals surface area contributed by atoms with Crippen molar-refractivity contribution >= 4 is 5.97 Å². The molecule has 1 saturated heterocycles. The smallest absolute Gasteiger partial charge is 0.311 e. The number of carboxylic acids is 1. The van der Waals surface area contributed by atoms with Crippen LogP contribution in [0.4, 0.5) is 4.39 Å². The predicted molar refractivity (Wildman–Crippen MR) is 88.9 cm³/mol. The van der Waals surface area contributed by atoms with Crippen LogP contribution < -0.4 is 0 Å². The van der Waals surface area contributed by atoms with Gasteiger partial charge in [-0.05, 0) is 61.2 Å². The first-order valence-electron chi connectivity index (χ1n) is 8.16. The third kappa shape index (κ3) is 3.79. The zero-order valence-electron chi connectivity index (χ0n) is 13.5. The molecule has 1 aliphatic rings. The fourth-order valence-corrected chi connectivity index (χ4v) is 3.50. The minimum atomic E-state index is -0.816. The van der Waals surface area contributed by atoms with Gasteiger partial charge in [0.25, 0.3) is 0 Å². The number of aromatic nitrogens is 1. The lowest BCUT2D eigenvalue weighted by Gasteiger charge is -2.40. The van der Waals surface area contributed by atoms with Crippen LogP contribution in [0.5, 0.6) is 0 Å². The van der Waals surface area contributed by atoms with Crippen LogP contribution in [-0.4, -0.2) is 34.0 Å². The van der Waals surface area contributed by atoms with Crippen molar-refractivity contribution in [2.24, 2.45) is 5.41 Å². The van der Waals surface area contributed by atoms with Crippen LogP contribution in [0.1, 0.15) is 24.0 Å². The molecule has 1 N–H and O–H groups in total. The Morgan fingerprint density at radius 3 is 2.54 bits per heavy atom. The molecule has 1 aromatic heterocycles. The molecule has 0 spiro atoms. The van der Waals surface area contributed by atoms with Crippen molar-refractivity contribution in [1.82, 2.24) is 9.88 Å². The van der Waals surface area contributed by atoms with Crippen molar-refractivity contribution in [3.8, 4) is 0 Å². The Balaban J connectivity index is 1.76. The number of halogens is 1. The molecule has 2 heterocycles. The average molecular weight is 328 g/mol. The van der Waals surface area contributed by atoms with Crippen LogP contribution in [0.2, 0.25) is 0 Å². The molecule has 0 saturated carbocycles. The second-order valence-electron chi connectivity index (χ2n) is 6.56. The molecule has 4 nitrogen and oxygen atoms in total. The lowest BCUT2D eigenvalue weighted by Crippen LogP contribution is -2.48. The first-order chi connectivity index (χ1) is 11.6. The standard InChI is InChI=1S/C19H21FN2O2/c20-17-4-2-15(3-5-17)12-19(18(23)24)8-1-11-22(14-19)13-16-6-9-21-10-7-16/h2-7,9-10H,1,8,11-14H2,(H,23,24)/t19-/m0/s1. The van der Waals surface area contributed by atoms with Gasteiger partial charge in [0.1, 0.15) is 5.82 Å². The van der Waals surface area contributed by atoms with E-state index in [1.165, 1.54) is 12.1 Å². The van der Waals surface area contributed by atoms with E-state index in [4.69, 9.17) is 0 Å². The van der Waals surface area contributed by atoms with Crippen molar-refractivity contribution in [2.45, 2.75) is 25.8 Å². The second kappa shape index (κ2) is 7.09. The van der Waals surface area contributed by atoms with Crippen LogP contribution in [0.25, 0.3) is 0 Å². The number of carboxylic acid groups (broad SMARTS) is 1. The molecule has 0 aliphatic carbocycles. The van der Waals surface area contributed by atoms with E-state index in [9.17, 15) is 14.3 Å². The van der Waals surface area contributed by atoms with Crippen LogP contribution in [0.15, 0.2) is 48.8 Å². The highest BCUT2D eigenvalue weighted by Gasteiger charge is 2.42. The van der Waals surface area contributed by atoms with Gasteiger partial charge in [-0.3, -0.25) is 14.7 Å². The maximum absolute atomic E-state index is 13.1. The minimum Gasteiger partial charge on any atom is -0.481 e. The van der Waals surface area contributed by atoms with E-state index >= 15 is 0 Å². The van der Waals surface area contributed by atoms with Gasteiger partial charge in [-0.25, -0.2) is 4.39 Å². The van der Waals surface area contributed by atoms with Crippen molar-refractivity contribution in [1.29, 1.82) is 0 Å². The molecular formula is C19H21FN2O2. The number of benzene rings is 1. The maximum Gasteiger partial charge on any atom is 0.311 e. The van der Waals surface area contributed by atoms with E-state index in [1.54, 1.807) is 24.5 Å². The second-order valence-corrected chi connectivity index (χ2v) is 6.56. The van der Waals surface area contributed by atoms with Crippen molar-refractivity contribution in [2.75, 3.05) is 13.1 Å². The molecule has 0 radical (unpaired) electrons. The Kier molecular flexibility index (Phi) is 4.90. The first-order valence-corrected chi connectivity index (χ1v) is 8.16. The van der Waals surface area contributed by atoms with E-state index in [0.29, 0.717) is 19.4 Å². The van der Waals surface area contributed by atoms with Crippen LogP contribution in [0, 0.1) is 11.2 Å². The van der Waals surface area contributed by atoms with E-state index in [-0.39, 0.29) is 5.82 Å². The zero-order chi connectivity index (χ0) is 17.0. The summed E-state index contributed by atoms with van der Waals surface area (Å²) >= 11 is 0. The van der Waals surface area contributed by atoms with Gasteiger partial charge >= 0.3 is 5.97 Å². The highest BCUT2D eigenvalue weighted by atomic mass is 19.1. The topological polar surface area (TPSA) is 53.4 Å². The SMILES string of the molecule is O=C(O)[C@]1(Cc2ccc(F)cc2)CCCN(Cc2ccncc2)C1. The summed E-state index contributed by atoms with van der Waals surface area (Å²) < 4.78 is 13.1. The molecule has 24 heavy (non-hydrogen) atoms.